The van der Waals surface area contributed by atoms with Gasteiger partial charge < -0.3 is 14.8 Å². The predicted molar refractivity (Wildman–Crippen MR) is 114 cm³/mol. The number of aryl methyl sites for hydroxylation is 2. The Bertz CT molecular complexity index is 964. The van der Waals surface area contributed by atoms with Crippen LogP contribution in [0.1, 0.15) is 28.6 Å². The standard InChI is InChI=1S/C21H25N5O2S/c1-14-4-5-16(19(8-14)27-3)11-26-6-7-28-20(12-26)18-10-17(9-15(2)23-18)24-21-25-22-13-29-21/h4-5,8-10,13,20H,6-7,11-12H2,1-3H3,(H,23,24,25). The van der Waals surface area contributed by atoms with E-state index in [4.69, 9.17) is 14.5 Å². The lowest BCUT2D eigenvalue weighted by atomic mass is 10.1. The molecule has 0 bridgehead atoms. The highest BCUT2D eigenvalue weighted by atomic mass is 32.1. The number of anilines is 2. The van der Waals surface area contributed by atoms with Crippen LogP contribution in [0.25, 0.3) is 0 Å². The Hall–Kier alpha value is -2.55. The zero-order chi connectivity index (χ0) is 20.2. The monoisotopic (exact) mass is 411 g/mol. The number of nitrogens with zero attached hydrogens (tertiary/aromatic N) is 4. The Morgan fingerprint density at radius 1 is 1.28 bits per heavy atom. The molecule has 1 fully saturated rings. The molecule has 3 heterocycles. The van der Waals surface area contributed by atoms with E-state index in [0.29, 0.717) is 6.61 Å². The number of pyridine rings is 1. The zero-order valence-electron chi connectivity index (χ0n) is 16.9. The average Bonchev–Trinajstić information content (AvgIpc) is 3.22. The quantitative estimate of drug-likeness (QED) is 0.660. The first-order valence-electron chi connectivity index (χ1n) is 9.60. The fourth-order valence-corrected chi connectivity index (χ4v) is 4.00. The summed E-state index contributed by atoms with van der Waals surface area (Å²) in [5.41, 5.74) is 6.91. The van der Waals surface area contributed by atoms with Gasteiger partial charge in [-0.1, -0.05) is 23.5 Å². The van der Waals surface area contributed by atoms with Crippen molar-refractivity contribution in [3.8, 4) is 5.75 Å². The summed E-state index contributed by atoms with van der Waals surface area (Å²) in [4.78, 5) is 7.12. The van der Waals surface area contributed by atoms with Crippen molar-refractivity contribution in [2.24, 2.45) is 0 Å². The molecule has 1 unspecified atom stereocenters. The highest BCUT2D eigenvalue weighted by Gasteiger charge is 2.24. The van der Waals surface area contributed by atoms with Crippen LogP contribution in [0.4, 0.5) is 10.8 Å². The van der Waals surface area contributed by atoms with Crippen molar-refractivity contribution in [2.75, 3.05) is 32.1 Å². The van der Waals surface area contributed by atoms with Crippen LogP contribution >= 0.6 is 11.3 Å². The third-order valence-electron chi connectivity index (χ3n) is 4.90. The first-order valence-corrected chi connectivity index (χ1v) is 10.5. The first-order chi connectivity index (χ1) is 14.1. The van der Waals surface area contributed by atoms with Crippen LogP contribution in [0.3, 0.4) is 0 Å². The second-order valence-electron chi connectivity index (χ2n) is 7.20. The Labute approximate surface area is 174 Å². The van der Waals surface area contributed by atoms with Gasteiger partial charge in [0.25, 0.3) is 0 Å². The summed E-state index contributed by atoms with van der Waals surface area (Å²) in [6, 6.07) is 10.4. The fraction of sp³-hybridized carbons (Fsp3) is 0.381. The van der Waals surface area contributed by atoms with Gasteiger partial charge in [0.1, 0.15) is 17.4 Å². The normalized spacial score (nSPS) is 17.3. The minimum atomic E-state index is -0.0740. The molecule has 7 nitrogen and oxygen atoms in total. The van der Waals surface area contributed by atoms with Crippen LogP contribution in [0, 0.1) is 13.8 Å². The number of methoxy groups -OCH3 is 1. The van der Waals surface area contributed by atoms with Crippen LogP contribution in [0.5, 0.6) is 5.75 Å². The van der Waals surface area contributed by atoms with Gasteiger partial charge in [-0.15, -0.1) is 10.2 Å². The highest BCUT2D eigenvalue weighted by molar-refractivity contribution is 7.13. The maximum absolute atomic E-state index is 6.06. The lowest BCUT2D eigenvalue weighted by molar-refractivity contribution is -0.0351. The van der Waals surface area contributed by atoms with Gasteiger partial charge in [0.15, 0.2) is 0 Å². The van der Waals surface area contributed by atoms with Gasteiger partial charge in [-0.3, -0.25) is 9.88 Å². The third kappa shape index (κ3) is 4.90. The molecule has 0 saturated carbocycles. The molecule has 1 aromatic carbocycles. The van der Waals surface area contributed by atoms with Crippen molar-refractivity contribution < 1.29 is 9.47 Å². The maximum Gasteiger partial charge on any atom is 0.209 e. The summed E-state index contributed by atoms with van der Waals surface area (Å²) in [6.45, 7) is 7.24. The van der Waals surface area contributed by atoms with E-state index in [-0.39, 0.29) is 6.10 Å². The summed E-state index contributed by atoms with van der Waals surface area (Å²) < 4.78 is 11.6. The summed E-state index contributed by atoms with van der Waals surface area (Å²) >= 11 is 1.47. The maximum atomic E-state index is 6.06. The Balaban J connectivity index is 1.49. The van der Waals surface area contributed by atoms with Crippen molar-refractivity contribution in [1.82, 2.24) is 20.1 Å². The molecule has 8 heteroatoms. The van der Waals surface area contributed by atoms with Gasteiger partial charge >= 0.3 is 0 Å². The van der Waals surface area contributed by atoms with Crippen molar-refractivity contribution in [3.63, 3.8) is 0 Å². The molecule has 3 aromatic rings. The van der Waals surface area contributed by atoms with E-state index < -0.39 is 0 Å². The largest absolute Gasteiger partial charge is 0.496 e. The summed E-state index contributed by atoms with van der Waals surface area (Å²) in [6.07, 6.45) is -0.0740. The van der Waals surface area contributed by atoms with Crippen molar-refractivity contribution in [1.29, 1.82) is 0 Å². The molecule has 1 aliphatic heterocycles. The molecule has 29 heavy (non-hydrogen) atoms. The van der Waals surface area contributed by atoms with E-state index in [1.165, 1.54) is 22.5 Å². The fourth-order valence-electron chi connectivity index (χ4n) is 3.53. The minimum absolute atomic E-state index is 0.0740. The van der Waals surface area contributed by atoms with Gasteiger partial charge in [0, 0.05) is 36.6 Å². The smallest absolute Gasteiger partial charge is 0.209 e. The lowest BCUT2D eigenvalue weighted by Gasteiger charge is -2.33. The predicted octanol–water partition coefficient (Wildman–Crippen LogP) is 3.88. The van der Waals surface area contributed by atoms with Crippen LogP contribution in [0.15, 0.2) is 35.8 Å². The molecule has 1 atom stereocenters. The van der Waals surface area contributed by atoms with Crippen molar-refractivity contribution in [2.45, 2.75) is 26.5 Å². The van der Waals surface area contributed by atoms with Crippen LogP contribution in [0.2, 0.25) is 0 Å². The lowest BCUT2D eigenvalue weighted by Crippen LogP contribution is -2.38. The van der Waals surface area contributed by atoms with Crippen LogP contribution in [-0.2, 0) is 11.3 Å². The molecule has 0 amide bonds. The number of nitrogens with one attached hydrogen (secondary N) is 1. The molecular weight excluding hydrogens is 386 g/mol. The number of ether oxygens (including phenoxy) is 2. The van der Waals surface area contributed by atoms with E-state index in [0.717, 1.165) is 47.6 Å². The Kier molecular flexibility index (Phi) is 6.03. The van der Waals surface area contributed by atoms with Crippen molar-refractivity contribution in [3.05, 3.63) is 58.4 Å². The molecule has 2 aromatic heterocycles. The average molecular weight is 412 g/mol. The third-order valence-corrected chi connectivity index (χ3v) is 5.51. The van der Waals surface area contributed by atoms with E-state index in [2.05, 4.69) is 45.5 Å². The van der Waals surface area contributed by atoms with E-state index >= 15 is 0 Å². The first kappa shape index (κ1) is 19.8. The van der Waals surface area contributed by atoms with E-state index in [9.17, 15) is 0 Å². The number of hydrogen-bond acceptors (Lipinski definition) is 8. The zero-order valence-corrected chi connectivity index (χ0v) is 17.7. The van der Waals surface area contributed by atoms with Gasteiger partial charge in [0.2, 0.25) is 5.13 Å². The number of hydrogen-bond donors (Lipinski definition) is 1. The molecule has 1 saturated heterocycles. The summed E-state index contributed by atoms with van der Waals surface area (Å²) in [7, 11) is 1.73. The molecule has 4 rings (SSSR count). The highest BCUT2D eigenvalue weighted by Crippen LogP contribution is 2.28. The van der Waals surface area contributed by atoms with Gasteiger partial charge in [-0.05, 0) is 37.6 Å². The number of morpholine rings is 1. The number of aromatic nitrogens is 3. The Morgan fingerprint density at radius 2 is 2.17 bits per heavy atom. The minimum Gasteiger partial charge on any atom is -0.496 e. The summed E-state index contributed by atoms with van der Waals surface area (Å²) in [5.74, 6) is 0.935. The van der Waals surface area contributed by atoms with Gasteiger partial charge in [0.05, 0.1) is 19.4 Å². The number of rotatable bonds is 6. The van der Waals surface area contributed by atoms with Gasteiger partial charge in [-0.2, -0.15) is 0 Å². The molecule has 0 spiro atoms. The molecular formula is C21H25N5O2S. The Morgan fingerprint density at radius 3 is 2.97 bits per heavy atom. The SMILES string of the molecule is COc1cc(C)ccc1CN1CCOC(c2cc(Nc3nncs3)cc(C)n2)C1. The van der Waals surface area contributed by atoms with Crippen LogP contribution in [-0.4, -0.2) is 46.9 Å². The number of benzene rings is 1. The second-order valence-corrected chi connectivity index (χ2v) is 8.03. The summed E-state index contributed by atoms with van der Waals surface area (Å²) in [5, 5.41) is 12.0. The van der Waals surface area contributed by atoms with Crippen molar-refractivity contribution >= 4 is 22.2 Å². The molecule has 1 aliphatic rings. The van der Waals surface area contributed by atoms with Crippen LogP contribution < -0.4 is 10.1 Å². The van der Waals surface area contributed by atoms with E-state index in [1.54, 1.807) is 12.6 Å². The molecule has 0 aliphatic carbocycles. The molecule has 1 N–H and O–H groups in total. The van der Waals surface area contributed by atoms with Gasteiger partial charge in [-0.25, -0.2) is 0 Å². The van der Waals surface area contributed by atoms with E-state index in [1.807, 2.05) is 19.1 Å². The molecule has 152 valence electrons. The second kappa shape index (κ2) is 8.86. The topological polar surface area (TPSA) is 72.4 Å². The molecule has 0 radical (unpaired) electrons.